The molecule has 0 radical (unpaired) electrons. The van der Waals surface area contributed by atoms with Crippen molar-refractivity contribution in [2.24, 2.45) is 0 Å². The average Bonchev–Trinajstić information content (AvgIpc) is 3.18. The number of anilines is 1. The zero-order valence-corrected chi connectivity index (χ0v) is 13.0. The maximum Gasteiger partial charge on any atom is 0.257 e. The molecule has 0 saturated heterocycles. The van der Waals surface area contributed by atoms with Crippen LogP contribution in [-0.2, 0) is 5.75 Å². The van der Waals surface area contributed by atoms with E-state index < -0.39 is 0 Å². The van der Waals surface area contributed by atoms with E-state index in [-0.39, 0.29) is 11.3 Å². The number of amides is 1. The van der Waals surface area contributed by atoms with Gasteiger partial charge in [-0.25, -0.2) is 0 Å². The normalized spacial score (nSPS) is 16.1. The number of rotatable bonds is 3. The van der Waals surface area contributed by atoms with Gasteiger partial charge in [0.05, 0.1) is 17.4 Å². The topological polar surface area (TPSA) is 59.8 Å². The monoisotopic (exact) mass is 322 g/mol. The third-order valence-electron chi connectivity index (χ3n) is 3.79. The summed E-state index contributed by atoms with van der Waals surface area (Å²) in [5.74, 6) is 0.710. The Hall–Kier alpha value is -2.60. The third kappa shape index (κ3) is 2.61. The third-order valence-corrected chi connectivity index (χ3v) is 5.04. The molecule has 1 amide bonds. The molecule has 6 heteroatoms. The summed E-state index contributed by atoms with van der Waals surface area (Å²) in [6.07, 6.45) is 8.95. The Kier molecular flexibility index (Phi) is 3.59. The van der Waals surface area contributed by atoms with E-state index >= 15 is 0 Å². The van der Waals surface area contributed by atoms with Crippen molar-refractivity contribution in [2.75, 3.05) is 5.32 Å². The Bertz CT molecular complexity index is 832. The van der Waals surface area contributed by atoms with Gasteiger partial charge in [0, 0.05) is 41.8 Å². The molecule has 23 heavy (non-hydrogen) atoms. The molecule has 0 aromatic carbocycles. The maximum atomic E-state index is 12.5. The Morgan fingerprint density at radius 3 is 2.74 bits per heavy atom. The highest BCUT2D eigenvalue weighted by Gasteiger charge is 2.28. The number of thioether (sulfide) groups is 1. The number of fused-ring (bicyclic) bond motifs is 1. The standard InChI is InChI=1S/C17H14N4OS/c22-16(20-13-4-2-7-19-10-13)14-5-8-21-15(14)11-23-17(21)12-3-1-6-18-9-12/h1-10,17H,11H2,(H,20,22). The number of carbonyl (C=O) groups excluding carboxylic acids is 1. The highest BCUT2D eigenvalue weighted by atomic mass is 32.2. The van der Waals surface area contributed by atoms with Crippen LogP contribution in [0.2, 0.25) is 0 Å². The molecule has 0 spiro atoms. The minimum absolute atomic E-state index is 0.0980. The fourth-order valence-electron chi connectivity index (χ4n) is 2.71. The number of nitrogens with zero attached hydrogens (tertiary/aromatic N) is 3. The lowest BCUT2D eigenvalue weighted by Gasteiger charge is -2.12. The molecule has 3 aromatic heterocycles. The minimum Gasteiger partial charge on any atom is -0.333 e. The first-order valence-electron chi connectivity index (χ1n) is 7.25. The van der Waals surface area contributed by atoms with Gasteiger partial charge in [0.15, 0.2) is 0 Å². The maximum absolute atomic E-state index is 12.5. The summed E-state index contributed by atoms with van der Waals surface area (Å²) in [5.41, 5.74) is 3.61. The molecule has 0 saturated carbocycles. The molecule has 4 heterocycles. The van der Waals surface area contributed by atoms with E-state index in [1.54, 1.807) is 36.4 Å². The molecule has 0 aliphatic carbocycles. The van der Waals surface area contributed by atoms with Gasteiger partial charge < -0.3 is 9.88 Å². The van der Waals surface area contributed by atoms with E-state index in [2.05, 4.69) is 25.9 Å². The van der Waals surface area contributed by atoms with Crippen LogP contribution in [0.25, 0.3) is 0 Å². The van der Waals surface area contributed by atoms with Crippen LogP contribution in [0.15, 0.2) is 61.3 Å². The molecular formula is C17H14N4OS. The second-order valence-corrected chi connectivity index (χ2v) is 6.30. The Labute approximate surface area is 137 Å². The SMILES string of the molecule is O=C(Nc1cccnc1)c1ccn2c1CSC2c1cccnc1. The number of pyridine rings is 2. The van der Waals surface area contributed by atoms with Crippen LogP contribution >= 0.6 is 11.8 Å². The van der Waals surface area contributed by atoms with Gasteiger partial charge in [-0.2, -0.15) is 0 Å². The molecular weight excluding hydrogens is 308 g/mol. The van der Waals surface area contributed by atoms with Crippen LogP contribution in [0.5, 0.6) is 0 Å². The number of hydrogen-bond acceptors (Lipinski definition) is 4. The smallest absolute Gasteiger partial charge is 0.257 e. The van der Waals surface area contributed by atoms with E-state index in [0.29, 0.717) is 11.3 Å². The van der Waals surface area contributed by atoms with Crippen molar-refractivity contribution in [3.8, 4) is 0 Å². The van der Waals surface area contributed by atoms with Gasteiger partial charge >= 0.3 is 0 Å². The van der Waals surface area contributed by atoms with E-state index in [1.807, 2.05) is 30.6 Å². The lowest BCUT2D eigenvalue weighted by Crippen LogP contribution is -2.13. The summed E-state index contributed by atoms with van der Waals surface area (Å²) in [7, 11) is 0. The summed E-state index contributed by atoms with van der Waals surface area (Å²) in [6, 6.07) is 9.51. The van der Waals surface area contributed by atoms with Crippen LogP contribution in [0.1, 0.15) is 27.0 Å². The van der Waals surface area contributed by atoms with Crippen LogP contribution in [0, 0.1) is 0 Å². The van der Waals surface area contributed by atoms with Crippen molar-refractivity contribution in [2.45, 2.75) is 11.1 Å². The first kappa shape index (κ1) is 14.0. The second-order valence-electron chi connectivity index (χ2n) is 5.23. The molecule has 1 aliphatic heterocycles. The largest absolute Gasteiger partial charge is 0.333 e. The van der Waals surface area contributed by atoms with Crippen LogP contribution in [-0.4, -0.2) is 20.4 Å². The highest BCUT2D eigenvalue weighted by molar-refractivity contribution is 7.99. The summed E-state index contributed by atoms with van der Waals surface area (Å²) < 4.78 is 2.15. The molecule has 5 nitrogen and oxygen atoms in total. The van der Waals surface area contributed by atoms with Crippen LogP contribution in [0.4, 0.5) is 5.69 Å². The number of nitrogens with one attached hydrogen (secondary N) is 1. The minimum atomic E-state index is -0.0980. The zero-order valence-electron chi connectivity index (χ0n) is 12.2. The average molecular weight is 322 g/mol. The molecule has 0 bridgehead atoms. The predicted octanol–water partition coefficient (Wildman–Crippen LogP) is 3.32. The lowest BCUT2D eigenvalue weighted by atomic mass is 10.2. The van der Waals surface area contributed by atoms with Gasteiger partial charge in [0.25, 0.3) is 5.91 Å². The van der Waals surface area contributed by atoms with Crippen molar-refractivity contribution in [1.29, 1.82) is 0 Å². The molecule has 3 aromatic rings. The molecule has 1 aliphatic rings. The van der Waals surface area contributed by atoms with Crippen LogP contribution < -0.4 is 5.32 Å². The van der Waals surface area contributed by atoms with Gasteiger partial charge in [-0.05, 0) is 24.3 Å². The fourth-order valence-corrected chi connectivity index (χ4v) is 4.02. The molecule has 0 fully saturated rings. The van der Waals surface area contributed by atoms with E-state index in [9.17, 15) is 4.79 Å². The van der Waals surface area contributed by atoms with Gasteiger partial charge in [0.1, 0.15) is 5.37 Å². The second kappa shape index (κ2) is 5.89. The van der Waals surface area contributed by atoms with E-state index in [4.69, 9.17) is 0 Å². The van der Waals surface area contributed by atoms with Crippen molar-refractivity contribution >= 4 is 23.4 Å². The van der Waals surface area contributed by atoms with Gasteiger partial charge in [-0.3, -0.25) is 14.8 Å². The molecule has 114 valence electrons. The summed E-state index contributed by atoms with van der Waals surface area (Å²) in [6.45, 7) is 0. The molecule has 4 rings (SSSR count). The first-order valence-corrected chi connectivity index (χ1v) is 8.30. The summed E-state index contributed by atoms with van der Waals surface area (Å²) >= 11 is 1.80. The van der Waals surface area contributed by atoms with Crippen molar-refractivity contribution < 1.29 is 4.79 Å². The zero-order chi connectivity index (χ0) is 15.6. The Morgan fingerprint density at radius 2 is 2.00 bits per heavy atom. The van der Waals surface area contributed by atoms with Gasteiger partial charge in [-0.1, -0.05) is 6.07 Å². The molecule has 1 atom stereocenters. The molecule has 1 N–H and O–H groups in total. The number of aromatic nitrogens is 3. The first-order chi connectivity index (χ1) is 11.3. The van der Waals surface area contributed by atoms with Crippen molar-refractivity contribution in [3.05, 3.63) is 78.1 Å². The molecule has 1 unspecified atom stereocenters. The van der Waals surface area contributed by atoms with Crippen LogP contribution in [0.3, 0.4) is 0 Å². The van der Waals surface area contributed by atoms with Gasteiger partial charge in [0.2, 0.25) is 0 Å². The highest BCUT2D eigenvalue weighted by Crippen LogP contribution is 2.41. The van der Waals surface area contributed by atoms with E-state index in [1.165, 1.54) is 0 Å². The van der Waals surface area contributed by atoms with E-state index in [0.717, 1.165) is 17.0 Å². The Morgan fingerprint density at radius 1 is 1.17 bits per heavy atom. The van der Waals surface area contributed by atoms with Crippen molar-refractivity contribution in [3.63, 3.8) is 0 Å². The van der Waals surface area contributed by atoms with Crippen molar-refractivity contribution in [1.82, 2.24) is 14.5 Å². The number of hydrogen-bond donors (Lipinski definition) is 1. The summed E-state index contributed by atoms with van der Waals surface area (Å²) in [4.78, 5) is 20.7. The predicted molar refractivity (Wildman–Crippen MR) is 90.3 cm³/mol. The Balaban J connectivity index is 1.60. The summed E-state index contributed by atoms with van der Waals surface area (Å²) in [5, 5.41) is 3.07. The number of carbonyl (C=O) groups is 1. The van der Waals surface area contributed by atoms with Gasteiger partial charge in [-0.15, -0.1) is 11.8 Å². The quantitative estimate of drug-likeness (QED) is 0.803. The fraction of sp³-hybridized carbons (Fsp3) is 0.118. The lowest BCUT2D eigenvalue weighted by molar-refractivity contribution is 0.102.